The zero-order valence-electron chi connectivity index (χ0n) is 10.1. The molecule has 0 bridgehead atoms. The number of hydrogen-bond acceptors (Lipinski definition) is 3. The van der Waals surface area contributed by atoms with E-state index >= 15 is 0 Å². The second-order valence-electron chi connectivity index (χ2n) is 4.17. The van der Waals surface area contributed by atoms with Crippen molar-refractivity contribution >= 4 is 5.82 Å². The Bertz CT molecular complexity index is 758. The summed E-state index contributed by atoms with van der Waals surface area (Å²) in [6, 6.07) is 13.0. The van der Waals surface area contributed by atoms with Gasteiger partial charge in [-0.3, -0.25) is 9.89 Å². The average molecular weight is 252 g/mol. The van der Waals surface area contributed by atoms with E-state index in [2.05, 4.69) is 15.2 Å². The summed E-state index contributed by atoms with van der Waals surface area (Å²) in [5.41, 5.74) is 9.03. The molecule has 2 heterocycles. The topological polar surface area (TPSA) is 87.6 Å². The molecule has 0 atom stereocenters. The molecule has 3 aromatic rings. The summed E-state index contributed by atoms with van der Waals surface area (Å²) in [6.45, 7) is 0. The predicted molar refractivity (Wildman–Crippen MR) is 74.5 cm³/mol. The molecule has 0 spiro atoms. The number of nitrogens with two attached hydrogens (primary N) is 1. The Hall–Kier alpha value is -2.82. The van der Waals surface area contributed by atoms with E-state index in [1.54, 1.807) is 12.3 Å². The van der Waals surface area contributed by atoms with Gasteiger partial charge in [-0.05, 0) is 11.6 Å². The molecule has 0 saturated carbocycles. The van der Waals surface area contributed by atoms with Crippen molar-refractivity contribution in [2.45, 2.75) is 0 Å². The Morgan fingerprint density at radius 1 is 1.05 bits per heavy atom. The van der Waals surface area contributed by atoms with Crippen LogP contribution in [0, 0.1) is 0 Å². The van der Waals surface area contributed by atoms with Crippen molar-refractivity contribution in [3.63, 3.8) is 0 Å². The number of aromatic amines is 2. The lowest BCUT2D eigenvalue weighted by Crippen LogP contribution is -2.02. The highest BCUT2D eigenvalue weighted by Crippen LogP contribution is 2.33. The van der Waals surface area contributed by atoms with Gasteiger partial charge in [0.2, 0.25) is 5.56 Å². The second-order valence-corrected chi connectivity index (χ2v) is 4.17. The molecule has 0 unspecified atom stereocenters. The van der Waals surface area contributed by atoms with Gasteiger partial charge >= 0.3 is 0 Å². The van der Waals surface area contributed by atoms with Gasteiger partial charge in [0.25, 0.3) is 0 Å². The first-order valence-electron chi connectivity index (χ1n) is 5.84. The number of benzene rings is 1. The van der Waals surface area contributed by atoms with Crippen molar-refractivity contribution < 1.29 is 0 Å². The summed E-state index contributed by atoms with van der Waals surface area (Å²) < 4.78 is 0. The summed E-state index contributed by atoms with van der Waals surface area (Å²) in [5, 5.41) is 6.93. The maximum atomic E-state index is 11.4. The Morgan fingerprint density at radius 3 is 2.58 bits per heavy atom. The standard InChI is InChI=1S/C14H12N4O/c15-14-12(9-4-2-1-3-5-9)13(17-18-14)10-6-7-16-11(19)8-10/h1-8H,(H,16,19)(H3,15,17,18). The summed E-state index contributed by atoms with van der Waals surface area (Å²) in [7, 11) is 0. The average Bonchev–Trinajstić information content (AvgIpc) is 2.82. The molecular formula is C14H12N4O. The van der Waals surface area contributed by atoms with Crippen LogP contribution in [0.5, 0.6) is 0 Å². The maximum Gasteiger partial charge on any atom is 0.248 e. The number of nitrogens with zero attached hydrogens (tertiary/aromatic N) is 1. The van der Waals surface area contributed by atoms with Crippen molar-refractivity contribution in [3.8, 4) is 22.4 Å². The van der Waals surface area contributed by atoms with Crippen LogP contribution in [0.2, 0.25) is 0 Å². The van der Waals surface area contributed by atoms with E-state index in [1.807, 2.05) is 30.3 Å². The molecule has 19 heavy (non-hydrogen) atoms. The first-order valence-corrected chi connectivity index (χ1v) is 5.84. The second kappa shape index (κ2) is 4.45. The molecule has 0 aliphatic carbocycles. The Balaban J connectivity index is 2.22. The summed E-state index contributed by atoms with van der Waals surface area (Å²) in [5.74, 6) is 0.418. The molecule has 1 aromatic carbocycles. The Kier molecular flexibility index (Phi) is 2.64. The van der Waals surface area contributed by atoms with E-state index in [0.717, 1.165) is 22.4 Å². The summed E-state index contributed by atoms with van der Waals surface area (Å²) in [6.07, 6.45) is 1.60. The third-order valence-corrected chi connectivity index (χ3v) is 2.92. The molecule has 0 aliphatic rings. The highest BCUT2D eigenvalue weighted by atomic mass is 16.1. The fourth-order valence-corrected chi connectivity index (χ4v) is 2.06. The number of nitrogen functional groups attached to an aromatic ring is 1. The predicted octanol–water partition coefficient (Wildman–Crippen LogP) is 2.01. The molecule has 5 nitrogen and oxygen atoms in total. The maximum absolute atomic E-state index is 11.4. The van der Waals surface area contributed by atoms with Crippen LogP contribution in [0.25, 0.3) is 22.4 Å². The SMILES string of the molecule is Nc1n[nH]c(-c2cc[nH]c(=O)c2)c1-c1ccccc1. The van der Waals surface area contributed by atoms with E-state index < -0.39 is 0 Å². The van der Waals surface area contributed by atoms with Crippen LogP contribution in [-0.4, -0.2) is 15.2 Å². The molecule has 0 radical (unpaired) electrons. The van der Waals surface area contributed by atoms with E-state index in [1.165, 1.54) is 6.07 Å². The quantitative estimate of drug-likeness (QED) is 0.652. The van der Waals surface area contributed by atoms with Crippen LogP contribution in [0.15, 0.2) is 53.5 Å². The molecule has 0 amide bonds. The minimum absolute atomic E-state index is 0.162. The lowest BCUT2D eigenvalue weighted by Gasteiger charge is -2.04. The molecule has 94 valence electrons. The lowest BCUT2D eigenvalue weighted by molar-refractivity contribution is 1.10. The molecule has 0 fully saturated rings. The molecule has 3 rings (SSSR count). The monoisotopic (exact) mass is 252 g/mol. The first-order chi connectivity index (χ1) is 9.25. The Morgan fingerprint density at radius 2 is 1.84 bits per heavy atom. The molecule has 2 aromatic heterocycles. The van der Waals surface area contributed by atoms with Crippen molar-refractivity contribution in [3.05, 3.63) is 59.0 Å². The number of hydrogen-bond donors (Lipinski definition) is 3. The Labute approximate surface area is 109 Å². The van der Waals surface area contributed by atoms with Gasteiger partial charge in [-0.25, -0.2) is 0 Å². The molecule has 0 aliphatic heterocycles. The van der Waals surface area contributed by atoms with Crippen molar-refractivity contribution in [2.24, 2.45) is 0 Å². The number of nitrogens with one attached hydrogen (secondary N) is 2. The van der Waals surface area contributed by atoms with Crippen LogP contribution < -0.4 is 11.3 Å². The zero-order valence-corrected chi connectivity index (χ0v) is 10.1. The summed E-state index contributed by atoms with van der Waals surface area (Å²) in [4.78, 5) is 14.0. The van der Waals surface area contributed by atoms with E-state index in [0.29, 0.717) is 5.82 Å². The molecule has 0 saturated heterocycles. The molecular weight excluding hydrogens is 240 g/mol. The lowest BCUT2D eigenvalue weighted by atomic mass is 10.0. The minimum Gasteiger partial charge on any atom is -0.382 e. The van der Waals surface area contributed by atoms with Crippen LogP contribution in [0.3, 0.4) is 0 Å². The third kappa shape index (κ3) is 2.01. The fourth-order valence-electron chi connectivity index (χ4n) is 2.06. The number of rotatable bonds is 2. The fraction of sp³-hybridized carbons (Fsp3) is 0. The highest BCUT2D eigenvalue weighted by molar-refractivity contribution is 5.87. The van der Waals surface area contributed by atoms with Crippen molar-refractivity contribution in [2.75, 3.05) is 5.73 Å². The van der Waals surface area contributed by atoms with E-state index in [9.17, 15) is 4.79 Å². The van der Waals surface area contributed by atoms with Gasteiger partial charge < -0.3 is 10.7 Å². The number of anilines is 1. The van der Waals surface area contributed by atoms with E-state index in [-0.39, 0.29) is 5.56 Å². The molecule has 4 N–H and O–H groups in total. The van der Waals surface area contributed by atoms with Crippen LogP contribution in [0.1, 0.15) is 0 Å². The molecule has 5 heteroatoms. The van der Waals surface area contributed by atoms with Gasteiger partial charge in [-0.2, -0.15) is 5.10 Å². The minimum atomic E-state index is -0.162. The van der Waals surface area contributed by atoms with Crippen LogP contribution >= 0.6 is 0 Å². The van der Waals surface area contributed by atoms with Gasteiger partial charge in [-0.15, -0.1) is 0 Å². The van der Waals surface area contributed by atoms with Gasteiger partial charge in [0.1, 0.15) is 0 Å². The van der Waals surface area contributed by atoms with Crippen LogP contribution in [-0.2, 0) is 0 Å². The largest absolute Gasteiger partial charge is 0.382 e. The zero-order chi connectivity index (χ0) is 13.2. The highest BCUT2D eigenvalue weighted by Gasteiger charge is 2.14. The number of pyridine rings is 1. The van der Waals surface area contributed by atoms with Gasteiger partial charge in [-0.1, -0.05) is 30.3 Å². The first kappa shape index (κ1) is 11.3. The van der Waals surface area contributed by atoms with Crippen molar-refractivity contribution in [1.29, 1.82) is 0 Å². The normalized spacial score (nSPS) is 10.5. The third-order valence-electron chi connectivity index (χ3n) is 2.92. The van der Waals surface area contributed by atoms with Crippen molar-refractivity contribution in [1.82, 2.24) is 15.2 Å². The number of aromatic nitrogens is 3. The van der Waals surface area contributed by atoms with E-state index in [4.69, 9.17) is 5.73 Å². The summed E-state index contributed by atoms with van der Waals surface area (Å²) >= 11 is 0. The van der Waals surface area contributed by atoms with Gasteiger partial charge in [0.15, 0.2) is 5.82 Å². The number of H-pyrrole nitrogens is 2. The van der Waals surface area contributed by atoms with Gasteiger partial charge in [0, 0.05) is 17.8 Å². The van der Waals surface area contributed by atoms with Gasteiger partial charge in [0.05, 0.1) is 11.3 Å². The van der Waals surface area contributed by atoms with Crippen LogP contribution in [0.4, 0.5) is 5.82 Å². The smallest absolute Gasteiger partial charge is 0.248 e.